The highest BCUT2D eigenvalue weighted by Gasteiger charge is 2.42. The molecule has 124 valence electrons. The highest BCUT2D eigenvalue weighted by Crippen LogP contribution is 2.43. The fourth-order valence-electron chi connectivity index (χ4n) is 3.10. The van der Waals surface area contributed by atoms with Gasteiger partial charge in [0.15, 0.2) is 5.78 Å². The Morgan fingerprint density at radius 3 is 2.54 bits per heavy atom. The smallest absolute Gasteiger partial charge is 0.347 e. The molecule has 1 aliphatic rings. The quantitative estimate of drug-likeness (QED) is 0.622. The van der Waals surface area contributed by atoms with Gasteiger partial charge in [-0.25, -0.2) is 4.79 Å². The maximum atomic E-state index is 12.6. The molecule has 0 unspecified atom stereocenters. The van der Waals surface area contributed by atoms with E-state index in [-0.39, 0.29) is 24.7 Å². The molecular weight excluding hydrogens is 304 g/mol. The van der Waals surface area contributed by atoms with Crippen molar-refractivity contribution >= 4 is 11.8 Å². The number of ether oxygens (including phenoxy) is 2. The fraction of sp³-hybridized carbons (Fsp3) is 0.300. The molecule has 0 spiro atoms. The summed E-state index contributed by atoms with van der Waals surface area (Å²) in [5, 5.41) is 0. The summed E-state index contributed by atoms with van der Waals surface area (Å²) in [5.41, 5.74) is 2.50. The number of fused-ring (bicyclic) bond motifs is 1. The van der Waals surface area contributed by atoms with Gasteiger partial charge in [0.1, 0.15) is 5.75 Å². The van der Waals surface area contributed by atoms with E-state index in [1.807, 2.05) is 43.3 Å². The number of hydrogen-bond donors (Lipinski definition) is 0. The largest absolute Gasteiger partial charge is 0.477 e. The summed E-state index contributed by atoms with van der Waals surface area (Å²) >= 11 is 0. The molecule has 24 heavy (non-hydrogen) atoms. The van der Waals surface area contributed by atoms with Crippen molar-refractivity contribution in [3.8, 4) is 5.75 Å². The lowest BCUT2D eigenvalue weighted by molar-refractivity contribution is -0.151. The second-order valence-corrected chi connectivity index (χ2v) is 5.88. The van der Waals surface area contributed by atoms with Crippen molar-refractivity contribution in [2.24, 2.45) is 0 Å². The van der Waals surface area contributed by atoms with E-state index in [0.29, 0.717) is 11.3 Å². The summed E-state index contributed by atoms with van der Waals surface area (Å²) in [7, 11) is 0. The van der Waals surface area contributed by atoms with Crippen LogP contribution in [0.2, 0.25) is 0 Å². The van der Waals surface area contributed by atoms with Crippen molar-refractivity contribution < 1.29 is 19.1 Å². The first-order valence-electron chi connectivity index (χ1n) is 8.13. The summed E-state index contributed by atoms with van der Waals surface area (Å²) in [5.74, 6) is -0.0557. The van der Waals surface area contributed by atoms with Crippen LogP contribution in [0.4, 0.5) is 0 Å². The number of aryl methyl sites for hydroxylation is 1. The van der Waals surface area contributed by atoms with Crippen LogP contribution in [-0.2, 0) is 9.53 Å². The predicted molar refractivity (Wildman–Crippen MR) is 90.4 cm³/mol. The molecule has 0 saturated carbocycles. The summed E-state index contributed by atoms with van der Waals surface area (Å²) in [4.78, 5) is 24.9. The number of carbonyl (C=O) groups excluding carboxylic acids is 2. The van der Waals surface area contributed by atoms with Crippen molar-refractivity contribution in [2.75, 3.05) is 6.61 Å². The van der Waals surface area contributed by atoms with Crippen molar-refractivity contribution in [1.29, 1.82) is 0 Å². The van der Waals surface area contributed by atoms with Gasteiger partial charge in [-0.3, -0.25) is 4.79 Å². The van der Waals surface area contributed by atoms with Crippen molar-refractivity contribution in [2.45, 2.75) is 32.3 Å². The van der Waals surface area contributed by atoms with E-state index in [9.17, 15) is 9.59 Å². The third kappa shape index (κ3) is 3.04. The van der Waals surface area contributed by atoms with Gasteiger partial charge in [0.25, 0.3) is 0 Å². The monoisotopic (exact) mass is 324 g/mol. The Morgan fingerprint density at radius 1 is 1.08 bits per heavy atom. The van der Waals surface area contributed by atoms with Gasteiger partial charge in [0, 0.05) is 23.5 Å². The Morgan fingerprint density at radius 2 is 1.83 bits per heavy atom. The number of rotatable bonds is 5. The number of hydrogen-bond acceptors (Lipinski definition) is 4. The Hall–Kier alpha value is -2.62. The molecule has 2 aromatic rings. The molecule has 0 N–H and O–H groups in total. The van der Waals surface area contributed by atoms with E-state index in [0.717, 1.165) is 11.1 Å². The van der Waals surface area contributed by atoms with E-state index in [2.05, 4.69) is 0 Å². The minimum Gasteiger partial charge on any atom is -0.477 e. The van der Waals surface area contributed by atoms with Crippen LogP contribution in [-0.4, -0.2) is 24.5 Å². The minimum absolute atomic E-state index is 0.00662. The number of carbonyl (C=O) groups is 2. The molecular formula is C20H20O4. The molecule has 2 aromatic carbocycles. The zero-order valence-electron chi connectivity index (χ0n) is 13.8. The Bertz CT molecular complexity index is 751. The summed E-state index contributed by atoms with van der Waals surface area (Å²) in [6.07, 6.45) is -0.557. The van der Waals surface area contributed by atoms with Gasteiger partial charge in [-0.2, -0.15) is 0 Å². The lowest BCUT2D eigenvalue weighted by Gasteiger charge is -2.17. The molecule has 0 amide bonds. The summed E-state index contributed by atoms with van der Waals surface area (Å²) < 4.78 is 11.0. The number of esters is 1. The Balaban J connectivity index is 1.91. The van der Waals surface area contributed by atoms with Crippen LogP contribution < -0.4 is 4.74 Å². The molecule has 0 aromatic heterocycles. The second-order valence-electron chi connectivity index (χ2n) is 5.88. The van der Waals surface area contributed by atoms with Crippen molar-refractivity contribution in [3.05, 3.63) is 65.2 Å². The molecule has 1 aliphatic heterocycles. The normalized spacial score (nSPS) is 18.6. The lowest BCUT2D eigenvalue weighted by Crippen LogP contribution is -2.32. The first-order valence-corrected chi connectivity index (χ1v) is 8.13. The zero-order valence-corrected chi connectivity index (χ0v) is 13.8. The summed E-state index contributed by atoms with van der Waals surface area (Å²) in [6.45, 7) is 3.98. The van der Waals surface area contributed by atoms with Crippen LogP contribution in [0.5, 0.6) is 5.75 Å². The standard InChI is InChI=1S/C20H20O4/c1-3-23-20(22)19-16(12-17(21)14-9-5-4-6-10-14)15-11-7-8-13(2)18(15)24-19/h4-11,16,19H,3,12H2,1-2H3/t16-,19-/m1/s1. The molecule has 0 radical (unpaired) electrons. The minimum atomic E-state index is -0.770. The van der Waals surface area contributed by atoms with E-state index < -0.39 is 12.1 Å². The van der Waals surface area contributed by atoms with Gasteiger partial charge in [0.2, 0.25) is 6.10 Å². The molecule has 0 fully saturated rings. The van der Waals surface area contributed by atoms with Crippen molar-refractivity contribution in [1.82, 2.24) is 0 Å². The topological polar surface area (TPSA) is 52.6 Å². The number of para-hydroxylation sites is 1. The first-order chi connectivity index (χ1) is 11.6. The lowest BCUT2D eigenvalue weighted by atomic mass is 9.88. The van der Waals surface area contributed by atoms with E-state index >= 15 is 0 Å². The van der Waals surface area contributed by atoms with Crippen LogP contribution in [0, 0.1) is 6.92 Å². The predicted octanol–water partition coefficient (Wildman–Crippen LogP) is 3.68. The van der Waals surface area contributed by atoms with Gasteiger partial charge >= 0.3 is 5.97 Å². The van der Waals surface area contributed by atoms with Crippen molar-refractivity contribution in [3.63, 3.8) is 0 Å². The van der Waals surface area contributed by atoms with Crippen LogP contribution >= 0.6 is 0 Å². The third-order valence-corrected chi connectivity index (χ3v) is 4.27. The molecule has 4 nitrogen and oxygen atoms in total. The maximum absolute atomic E-state index is 12.6. The highest BCUT2D eigenvalue weighted by molar-refractivity contribution is 5.97. The average molecular weight is 324 g/mol. The number of Topliss-reactive ketones (excluding diaryl/α,β-unsaturated/α-hetero) is 1. The van der Waals surface area contributed by atoms with Gasteiger partial charge in [-0.05, 0) is 19.4 Å². The first kappa shape index (κ1) is 16.2. The van der Waals surface area contributed by atoms with E-state index in [1.165, 1.54) is 0 Å². The highest BCUT2D eigenvalue weighted by atomic mass is 16.6. The van der Waals surface area contributed by atoms with Crippen LogP contribution in [0.1, 0.15) is 40.7 Å². The molecule has 4 heteroatoms. The van der Waals surface area contributed by atoms with Crippen LogP contribution in [0.25, 0.3) is 0 Å². The molecule has 2 atom stereocenters. The molecule has 0 saturated heterocycles. The third-order valence-electron chi connectivity index (χ3n) is 4.27. The number of ketones is 1. The zero-order chi connectivity index (χ0) is 17.1. The average Bonchev–Trinajstić information content (AvgIpc) is 2.96. The van der Waals surface area contributed by atoms with Gasteiger partial charge in [-0.15, -0.1) is 0 Å². The van der Waals surface area contributed by atoms with Gasteiger partial charge in [0.05, 0.1) is 6.61 Å². The Labute approximate surface area is 141 Å². The molecule has 0 bridgehead atoms. The molecule has 1 heterocycles. The maximum Gasteiger partial charge on any atom is 0.347 e. The molecule has 0 aliphatic carbocycles. The number of benzene rings is 2. The van der Waals surface area contributed by atoms with E-state index in [1.54, 1.807) is 19.1 Å². The van der Waals surface area contributed by atoms with E-state index in [4.69, 9.17) is 9.47 Å². The SMILES string of the molecule is CCOC(=O)[C@@H]1Oc2c(C)cccc2[C@H]1CC(=O)c1ccccc1. The Kier molecular flexibility index (Phi) is 4.65. The summed E-state index contributed by atoms with van der Waals surface area (Å²) in [6, 6.07) is 14.9. The molecule has 3 rings (SSSR count). The van der Waals surface area contributed by atoms with Crippen LogP contribution in [0.15, 0.2) is 48.5 Å². The van der Waals surface area contributed by atoms with Gasteiger partial charge in [-0.1, -0.05) is 48.5 Å². The fourth-order valence-corrected chi connectivity index (χ4v) is 3.10. The van der Waals surface area contributed by atoms with Crippen LogP contribution in [0.3, 0.4) is 0 Å². The van der Waals surface area contributed by atoms with Gasteiger partial charge < -0.3 is 9.47 Å². The second kappa shape index (κ2) is 6.87.